The molecule has 0 saturated carbocycles. The standard InChI is InChI=1S/C24H26N2O4S/c1-4-30-23-12-8-7-11-22(23)26(31(3,28)29)17-19-13-15-20(16-14-19)24(27)25-21-10-6-5-9-18(21)2/h5-16H,4,17H2,1-3H3,(H,25,27). The van der Waals surface area contributed by atoms with Gasteiger partial charge in [-0.25, -0.2) is 8.42 Å². The van der Waals surface area contributed by atoms with E-state index >= 15 is 0 Å². The van der Waals surface area contributed by atoms with Gasteiger partial charge in [0.1, 0.15) is 5.75 Å². The van der Waals surface area contributed by atoms with Crippen LogP contribution in [-0.4, -0.2) is 27.2 Å². The lowest BCUT2D eigenvalue weighted by atomic mass is 10.1. The van der Waals surface area contributed by atoms with E-state index in [1.807, 2.05) is 38.1 Å². The summed E-state index contributed by atoms with van der Waals surface area (Å²) in [5.74, 6) is 0.284. The number of amides is 1. The molecule has 0 spiro atoms. The van der Waals surface area contributed by atoms with Crippen molar-refractivity contribution in [1.82, 2.24) is 0 Å². The molecule has 162 valence electrons. The van der Waals surface area contributed by atoms with Gasteiger partial charge in [-0.2, -0.15) is 0 Å². The van der Waals surface area contributed by atoms with Crippen LogP contribution in [0, 0.1) is 6.92 Å². The van der Waals surface area contributed by atoms with Gasteiger partial charge in [-0.05, 0) is 55.3 Å². The van der Waals surface area contributed by atoms with Crippen LogP contribution >= 0.6 is 0 Å². The highest BCUT2D eigenvalue weighted by molar-refractivity contribution is 7.92. The molecule has 1 N–H and O–H groups in total. The second-order valence-electron chi connectivity index (χ2n) is 7.14. The Morgan fingerprint density at radius 1 is 0.968 bits per heavy atom. The highest BCUT2D eigenvalue weighted by atomic mass is 32.2. The molecule has 3 rings (SSSR count). The minimum absolute atomic E-state index is 0.128. The van der Waals surface area contributed by atoms with Crippen molar-refractivity contribution in [3.05, 3.63) is 89.5 Å². The molecule has 0 saturated heterocycles. The zero-order chi connectivity index (χ0) is 22.4. The maximum absolute atomic E-state index is 12.6. The predicted molar refractivity (Wildman–Crippen MR) is 124 cm³/mol. The summed E-state index contributed by atoms with van der Waals surface area (Å²) in [6, 6.07) is 21.5. The Morgan fingerprint density at radius 3 is 2.26 bits per heavy atom. The Labute approximate surface area is 183 Å². The number of ether oxygens (including phenoxy) is 1. The first-order valence-corrected chi connectivity index (χ1v) is 11.8. The number of rotatable bonds is 8. The number of carbonyl (C=O) groups excluding carboxylic acids is 1. The lowest BCUT2D eigenvalue weighted by Gasteiger charge is -2.24. The van der Waals surface area contributed by atoms with Crippen molar-refractivity contribution in [1.29, 1.82) is 0 Å². The second kappa shape index (κ2) is 9.66. The van der Waals surface area contributed by atoms with Crippen LogP contribution in [-0.2, 0) is 16.6 Å². The van der Waals surface area contributed by atoms with Crippen LogP contribution in [0.2, 0.25) is 0 Å². The van der Waals surface area contributed by atoms with Gasteiger partial charge < -0.3 is 10.1 Å². The van der Waals surface area contributed by atoms with Crippen LogP contribution in [0.1, 0.15) is 28.4 Å². The lowest BCUT2D eigenvalue weighted by molar-refractivity contribution is 0.102. The first-order chi connectivity index (χ1) is 14.8. The predicted octanol–water partition coefficient (Wildman–Crippen LogP) is 4.61. The number of para-hydroxylation sites is 3. The molecule has 0 fully saturated rings. The quantitative estimate of drug-likeness (QED) is 0.557. The summed E-state index contributed by atoms with van der Waals surface area (Å²) in [4.78, 5) is 12.6. The molecule has 31 heavy (non-hydrogen) atoms. The number of carbonyl (C=O) groups is 1. The first-order valence-electron chi connectivity index (χ1n) is 9.95. The maximum Gasteiger partial charge on any atom is 0.255 e. The van der Waals surface area contributed by atoms with Crippen LogP contribution in [0.4, 0.5) is 11.4 Å². The average molecular weight is 439 g/mol. The monoisotopic (exact) mass is 438 g/mol. The zero-order valence-electron chi connectivity index (χ0n) is 17.8. The minimum atomic E-state index is -3.55. The molecule has 6 nitrogen and oxygen atoms in total. The molecule has 0 aliphatic carbocycles. The molecule has 3 aromatic rings. The number of hydrogen-bond acceptors (Lipinski definition) is 4. The normalized spacial score (nSPS) is 11.1. The third-order valence-electron chi connectivity index (χ3n) is 4.77. The molecule has 0 bridgehead atoms. The number of hydrogen-bond donors (Lipinski definition) is 1. The van der Waals surface area contributed by atoms with Gasteiger partial charge in [0, 0.05) is 11.3 Å². The van der Waals surface area contributed by atoms with Crippen LogP contribution < -0.4 is 14.4 Å². The zero-order valence-corrected chi connectivity index (χ0v) is 18.6. The Hall–Kier alpha value is -3.32. The van der Waals surface area contributed by atoms with Crippen molar-refractivity contribution in [2.75, 3.05) is 22.5 Å². The molecule has 0 radical (unpaired) electrons. The van der Waals surface area contributed by atoms with Gasteiger partial charge >= 0.3 is 0 Å². The highest BCUT2D eigenvalue weighted by Gasteiger charge is 2.21. The van der Waals surface area contributed by atoms with Gasteiger partial charge in [0.25, 0.3) is 5.91 Å². The van der Waals surface area contributed by atoms with E-state index in [-0.39, 0.29) is 12.5 Å². The summed E-state index contributed by atoms with van der Waals surface area (Å²) in [6.45, 7) is 4.34. The molecule has 0 aliphatic heterocycles. The number of sulfonamides is 1. The molecule has 1 amide bonds. The summed E-state index contributed by atoms with van der Waals surface area (Å²) < 4.78 is 31.9. The van der Waals surface area contributed by atoms with Gasteiger partial charge in [-0.15, -0.1) is 0 Å². The highest BCUT2D eigenvalue weighted by Crippen LogP contribution is 2.31. The van der Waals surface area contributed by atoms with Gasteiger partial charge in [-0.1, -0.05) is 42.5 Å². The molecule has 3 aromatic carbocycles. The van der Waals surface area contributed by atoms with Crippen molar-refractivity contribution in [3.63, 3.8) is 0 Å². The molecule has 0 atom stereocenters. The summed E-state index contributed by atoms with van der Waals surface area (Å²) >= 11 is 0. The fourth-order valence-corrected chi connectivity index (χ4v) is 4.05. The number of anilines is 2. The van der Waals surface area contributed by atoms with Crippen molar-refractivity contribution in [3.8, 4) is 5.75 Å². The molecule has 7 heteroatoms. The molecule has 0 unspecified atom stereocenters. The van der Waals surface area contributed by atoms with Crippen molar-refractivity contribution in [2.24, 2.45) is 0 Å². The molecule has 0 heterocycles. The van der Waals surface area contributed by atoms with Gasteiger partial charge in [0.2, 0.25) is 10.0 Å². The van der Waals surface area contributed by atoms with Crippen molar-refractivity contribution < 1.29 is 17.9 Å². The topological polar surface area (TPSA) is 75.7 Å². The summed E-state index contributed by atoms with van der Waals surface area (Å²) in [5, 5.41) is 2.90. The number of aryl methyl sites for hydroxylation is 1. The molecular formula is C24H26N2O4S. The Bertz CT molecular complexity index is 1160. The van der Waals surface area contributed by atoms with E-state index in [1.165, 1.54) is 10.6 Å². The molecular weight excluding hydrogens is 412 g/mol. The number of nitrogens with zero attached hydrogens (tertiary/aromatic N) is 1. The third kappa shape index (κ3) is 5.64. The van der Waals surface area contributed by atoms with E-state index in [1.54, 1.807) is 48.5 Å². The Kier molecular flexibility index (Phi) is 6.97. The summed E-state index contributed by atoms with van der Waals surface area (Å²) in [7, 11) is -3.55. The van der Waals surface area contributed by atoms with Gasteiger partial charge in [0.05, 0.1) is 25.1 Å². The minimum Gasteiger partial charge on any atom is -0.492 e. The number of nitrogens with one attached hydrogen (secondary N) is 1. The fraction of sp³-hybridized carbons (Fsp3) is 0.208. The maximum atomic E-state index is 12.6. The summed E-state index contributed by atoms with van der Waals surface area (Å²) in [6.07, 6.45) is 1.17. The molecule has 0 aromatic heterocycles. The van der Waals surface area contributed by atoms with E-state index in [2.05, 4.69) is 5.32 Å². The van der Waals surface area contributed by atoms with Crippen molar-refractivity contribution in [2.45, 2.75) is 20.4 Å². The van der Waals surface area contributed by atoms with Gasteiger partial charge in [-0.3, -0.25) is 9.10 Å². The third-order valence-corrected chi connectivity index (χ3v) is 5.90. The van der Waals surface area contributed by atoms with Crippen molar-refractivity contribution >= 4 is 27.3 Å². The van der Waals surface area contributed by atoms with Crippen LogP contribution in [0.5, 0.6) is 5.75 Å². The second-order valence-corrected chi connectivity index (χ2v) is 9.04. The Morgan fingerprint density at radius 2 is 1.61 bits per heavy atom. The summed E-state index contributed by atoms with van der Waals surface area (Å²) in [5.41, 5.74) is 3.46. The van der Waals surface area contributed by atoms with E-state index in [4.69, 9.17) is 4.74 Å². The largest absolute Gasteiger partial charge is 0.492 e. The first kappa shape index (κ1) is 22.4. The van der Waals surface area contributed by atoms with E-state index < -0.39 is 10.0 Å². The Balaban J connectivity index is 1.81. The molecule has 0 aliphatic rings. The van der Waals surface area contributed by atoms with Crippen LogP contribution in [0.3, 0.4) is 0 Å². The van der Waals surface area contributed by atoms with E-state index in [0.29, 0.717) is 23.6 Å². The van der Waals surface area contributed by atoms with Gasteiger partial charge in [0.15, 0.2) is 0 Å². The van der Waals surface area contributed by atoms with Crippen LogP contribution in [0.15, 0.2) is 72.8 Å². The average Bonchev–Trinajstić information content (AvgIpc) is 2.74. The lowest BCUT2D eigenvalue weighted by Crippen LogP contribution is -2.29. The smallest absolute Gasteiger partial charge is 0.255 e. The van der Waals surface area contributed by atoms with E-state index in [0.717, 1.165) is 16.8 Å². The van der Waals surface area contributed by atoms with Crippen LogP contribution in [0.25, 0.3) is 0 Å². The fourth-order valence-electron chi connectivity index (χ4n) is 3.16. The van der Waals surface area contributed by atoms with E-state index in [9.17, 15) is 13.2 Å². The number of benzene rings is 3. The SMILES string of the molecule is CCOc1ccccc1N(Cc1ccc(C(=O)Nc2ccccc2C)cc1)S(C)(=O)=O.